The lowest BCUT2D eigenvalue weighted by atomic mass is 10.1. The number of thiophene rings is 1. The second-order valence-corrected chi connectivity index (χ2v) is 11.5. The van der Waals surface area contributed by atoms with E-state index in [0.717, 1.165) is 11.3 Å². The predicted molar refractivity (Wildman–Crippen MR) is 145 cm³/mol. The number of carbonyl (C=O) groups excluding carboxylic acids is 3. The van der Waals surface area contributed by atoms with Crippen LogP contribution in [0.25, 0.3) is 0 Å². The molecule has 1 saturated heterocycles. The summed E-state index contributed by atoms with van der Waals surface area (Å²) in [6.45, 7) is 10.1. The van der Waals surface area contributed by atoms with Gasteiger partial charge in [0.25, 0.3) is 11.8 Å². The van der Waals surface area contributed by atoms with Crippen LogP contribution in [0.15, 0.2) is 30.3 Å². The van der Waals surface area contributed by atoms with Gasteiger partial charge in [0.15, 0.2) is 0 Å². The normalized spacial score (nSPS) is 14.9. The third-order valence-corrected chi connectivity index (χ3v) is 6.92. The molecule has 0 unspecified atom stereocenters. The lowest BCUT2D eigenvalue weighted by Gasteiger charge is -2.33. The topological polar surface area (TPSA) is 91.0 Å². The van der Waals surface area contributed by atoms with Crippen molar-refractivity contribution >= 4 is 52.0 Å². The number of benzene rings is 1. The fourth-order valence-electron chi connectivity index (χ4n) is 4.17. The van der Waals surface area contributed by atoms with Crippen molar-refractivity contribution in [1.82, 2.24) is 10.2 Å². The molecule has 1 atom stereocenters. The summed E-state index contributed by atoms with van der Waals surface area (Å²) in [4.78, 5) is 42.1. The predicted octanol–water partition coefficient (Wildman–Crippen LogP) is 4.25. The molecule has 8 nitrogen and oxygen atoms in total. The van der Waals surface area contributed by atoms with E-state index in [1.165, 1.54) is 17.0 Å². The summed E-state index contributed by atoms with van der Waals surface area (Å²) in [7, 11) is 0. The Balaban J connectivity index is 1.79. The maximum atomic E-state index is 14.9. The van der Waals surface area contributed by atoms with Gasteiger partial charge in [-0.05, 0) is 42.2 Å². The van der Waals surface area contributed by atoms with Crippen LogP contribution in [-0.4, -0.2) is 68.1 Å². The zero-order valence-electron chi connectivity index (χ0n) is 21.6. The molecule has 1 aliphatic rings. The highest BCUT2D eigenvalue weighted by Crippen LogP contribution is 2.25. The largest absolute Gasteiger partial charge is 0.370 e. The van der Waals surface area contributed by atoms with Gasteiger partial charge in [0.05, 0.1) is 21.5 Å². The van der Waals surface area contributed by atoms with Gasteiger partial charge < -0.3 is 20.3 Å². The van der Waals surface area contributed by atoms with E-state index in [1.807, 2.05) is 4.90 Å². The van der Waals surface area contributed by atoms with Crippen LogP contribution in [0.4, 0.5) is 15.8 Å². The average molecular weight is 553 g/mol. The molecule has 3 amide bonds. The van der Waals surface area contributed by atoms with Crippen molar-refractivity contribution in [1.29, 1.82) is 0 Å². The van der Waals surface area contributed by atoms with Crippen molar-refractivity contribution < 1.29 is 23.5 Å². The van der Waals surface area contributed by atoms with Crippen LogP contribution in [0.1, 0.15) is 37.4 Å². The smallest absolute Gasteiger partial charge is 0.261 e. The summed E-state index contributed by atoms with van der Waals surface area (Å²) in [5.41, 5.74) is 0.410. The van der Waals surface area contributed by atoms with Gasteiger partial charge in [0.2, 0.25) is 5.91 Å². The zero-order valence-corrected chi connectivity index (χ0v) is 23.1. The molecule has 1 fully saturated rings. The molecule has 1 aromatic heterocycles. The maximum Gasteiger partial charge on any atom is 0.261 e. The van der Waals surface area contributed by atoms with E-state index in [0.29, 0.717) is 28.9 Å². The van der Waals surface area contributed by atoms with Crippen molar-refractivity contribution in [2.24, 2.45) is 11.8 Å². The van der Waals surface area contributed by atoms with Gasteiger partial charge in [-0.2, -0.15) is 0 Å². The molecule has 2 N–H and O–H groups in total. The minimum absolute atomic E-state index is 0.0719. The Morgan fingerprint density at radius 1 is 1.16 bits per heavy atom. The van der Waals surface area contributed by atoms with Gasteiger partial charge in [-0.25, -0.2) is 4.39 Å². The van der Waals surface area contributed by atoms with Crippen molar-refractivity contribution in [3.63, 3.8) is 0 Å². The van der Waals surface area contributed by atoms with E-state index in [2.05, 4.69) is 38.3 Å². The van der Waals surface area contributed by atoms with Crippen LogP contribution in [-0.2, 0) is 14.3 Å². The van der Waals surface area contributed by atoms with Crippen LogP contribution in [0.2, 0.25) is 4.34 Å². The summed E-state index contributed by atoms with van der Waals surface area (Å²) in [6, 6.07) is 6.85. The molecule has 11 heteroatoms. The first kappa shape index (κ1) is 29.0. The maximum absolute atomic E-state index is 14.9. The summed E-state index contributed by atoms with van der Waals surface area (Å²) < 4.78 is 20.6. The lowest BCUT2D eigenvalue weighted by Crippen LogP contribution is -2.52. The molecule has 3 rings (SSSR count). The van der Waals surface area contributed by atoms with E-state index in [9.17, 15) is 18.8 Å². The third-order valence-electron chi connectivity index (χ3n) is 5.69. The molecule has 1 aromatic carbocycles. The standard InChI is InChI=1S/C26H34ClFN4O4S/c1-16(2)13-31(14-17(3)4)21(12-29-26(35)22-7-8-23(27)37-22)25(34)30-18-5-6-20(19(28)11-18)32-9-10-36-15-24(32)33/h5-8,11,16-17,21H,9-10,12-15H2,1-4H3,(H,29,35)(H,30,34)/t21-/m1/s1. The lowest BCUT2D eigenvalue weighted by molar-refractivity contribution is -0.125. The van der Waals surface area contributed by atoms with Crippen LogP contribution < -0.4 is 15.5 Å². The van der Waals surface area contributed by atoms with E-state index in [4.69, 9.17) is 16.3 Å². The summed E-state index contributed by atoms with van der Waals surface area (Å²) in [5, 5.41) is 5.65. The Kier molecular flexibility index (Phi) is 10.5. The third kappa shape index (κ3) is 8.23. The molecule has 0 saturated carbocycles. The second-order valence-electron chi connectivity index (χ2n) is 9.82. The minimum atomic E-state index is -0.687. The van der Waals surface area contributed by atoms with Gasteiger partial charge in [-0.1, -0.05) is 39.3 Å². The van der Waals surface area contributed by atoms with Gasteiger partial charge >= 0.3 is 0 Å². The number of amides is 3. The molecule has 0 radical (unpaired) electrons. The molecular formula is C26H34ClFN4O4S. The number of hydrogen-bond donors (Lipinski definition) is 2. The number of halogens is 2. The Morgan fingerprint density at radius 2 is 1.86 bits per heavy atom. The molecule has 202 valence electrons. The number of rotatable bonds is 11. The molecule has 2 aromatic rings. The molecule has 37 heavy (non-hydrogen) atoms. The van der Waals surface area contributed by atoms with E-state index >= 15 is 0 Å². The first-order chi connectivity index (χ1) is 17.5. The van der Waals surface area contributed by atoms with Crippen LogP contribution in [0.5, 0.6) is 0 Å². The quantitative estimate of drug-likeness (QED) is 0.435. The molecule has 0 bridgehead atoms. The van der Waals surface area contributed by atoms with E-state index in [1.54, 1.807) is 18.2 Å². The minimum Gasteiger partial charge on any atom is -0.370 e. The highest BCUT2D eigenvalue weighted by atomic mass is 35.5. The fraction of sp³-hybridized carbons (Fsp3) is 0.500. The first-order valence-corrected chi connectivity index (χ1v) is 13.5. The molecule has 2 heterocycles. The Labute approximate surface area is 226 Å². The zero-order chi connectivity index (χ0) is 27.1. The fourth-order valence-corrected chi connectivity index (χ4v) is 5.13. The SMILES string of the molecule is CC(C)CN(CC(C)C)[C@H](CNC(=O)c1ccc(Cl)s1)C(=O)Nc1ccc(N2CCOCC2=O)c(F)c1. The average Bonchev–Trinajstić information content (AvgIpc) is 3.25. The van der Waals surface area contributed by atoms with Crippen molar-refractivity contribution in [3.05, 3.63) is 45.4 Å². The number of morpholine rings is 1. The van der Waals surface area contributed by atoms with Crippen LogP contribution in [0.3, 0.4) is 0 Å². The Morgan fingerprint density at radius 3 is 2.43 bits per heavy atom. The van der Waals surface area contributed by atoms with Gasteiger partial charge in [0, 0.05) is 31.9 Å². The summed E-state index contributed by atoms with van der Waals surface area (Å²) in [6.07, 6.45) is 0. The van der Waals surface area contributed by atoms with Gasteiger partial charge in [-0.15, -0.1) is 11.3 Å². The van der Waals surface area contributed by atoms with Crippen molar-refractivity contribution in [2.45, 2.75) is 33.7 Å². The Bertz CT molecular complexity index is 1100. The van der Waals surface area contributed by atoms with Gasteiger partial charge in [-0.3, -0.25) is 19.3 Å². The number of carbonyl (C=O) groups is 3. The Hall–Kier alpha value is -2.53. The number of nitrogens with one attached hydrogen (secondary N) is 2. The second kappa shape index (κ2) is 13.3. The number of ether oxygens (including phenoxy) is 1. The van der Waals surface area contributed by atoms with Crippen molar-refractivity contribution in [3.8, 4) is 0 Å². The van der Waals surface area contributed by atoms with Gasteiger partial charge in [0.1, 0.15) is 18.5 Å². The summed E-state index contributed by atoms with van der Waals surface area (Å²) >= 11 is 7.13. The number of nitrogens with zero attached hydrogens (tertiary/aromatic N) is 2. The van der Waals surface area contributed by atoms with E-state index in [-0.39, 0.29) is 60.6 Å². The molecule has 0 aliphatic carbocycles. The molecule has 1 aliphatic heterocycles. The van der Waals surface area contributed by atoms with Crippen LogP contribution >= 0.6 is 22.9 Å². The van der Waals surface area contributed by atoms with E-state index < -0.39 is 11.9 Å². The number of hydrogen-bond acceptors (Lipinski definition) is 6. The monoisotopic (exact) mass is 552 g/mol. The first-order valence-electron chi connectivity index (χ1n) is 12.3. The molecule has 0 spiro atoms. The van der Waals surface area contributed by atoms with Crippen LogP contribution in [0, 0.1) is 17.7 Å². The van der Waals surface area contributed by atoms with Crippen molar-refractivity contribution in [2.75, 3.05) is 49.6 Å². The highest BCUT2D eigenvalue weighted by Gasteiger charge is 2.29. The number of anilines is 2. The molecular weight excluding hydrogens is 519 g/mol. The highest BCUT2D eigenvalue weighted by molar-refractivity contribution is 7.18. The summed E-state index contributed by atoms with van der Waals surface area (Å²) in [5.74, 6) is -1.04.